The summed E-state index contributed by atoms with van der Waals surface area (Å²) in [6, 6.07) is 17.3. The summed E-state index contributed by atoms with van der Waals surface area (Å²) in [7, 11) is 3.06. The Morgan fingerprint density at radius 2 is 1.56 bits per heavy atom. The summed E-state index contributed by atoms with van der Waals surface area (Å²) in [5.41, 5.74) is 1.80. The predicted molar refractivity (Wildman–Crippen MR) is 151 cm³/mol. The number of aryl methyl sites for hydroxylation is 3. The van der Waals surface area contributed by atoms with E-state index in [9.17, 15) is 14.4 Å². The van der Waals surface area contributed by atoms with Crippen molar-refractivity contribution < 1.29 is 19.0 Å². The fourth-order valence-corrected chi connectivity index (χ4v) is 4.29. The minimum Gasteiger partial charge on any atom is -0.497 e. The van der Waals surface area contributed by atoms with Crippen molar-refractivity contribution >= 4 is 5.97 Å². The highest BCUT2D eigenvalue weighted by Gasteiger charge is 2.33. The highest BCUT2D eigenvalue weighted by atomic mass is 16.6. The lowest BCUT2D eigenvalue weighted by Crippen LogP contribution is -2.40. The lowest BCUT2D eigenvalue weighted by molar-refractivity contribution is -0.167. The van der Waals surface area contributed by atoms with Crippen molar-refractivity contribution in [2.45, 2.75) is 71.8 Å². The summed E-state index contributed by atoms with van der Waals surface area (Å²) < 4.78 is 20.0. The maximum atomic E-state index is 13.5. The van der Waals surface area contributed by atoms with Crippen LogP contribution in [0.4, 0.5) is 0 Å². The Bertz CT molecular complexity index is 1330. The van der Waals surface area contributed by atoms with Crippen LogP contribution in [0.1, 0.15) is 50.3 Å². The molecule has 0 spiro atoms. The van der Waals surface area contributed by atoms with Crippen LogP contribution in [0.5, 0.6) is 5.75 Å². The van der Waals surface area contributed by atoms with Crippen LogP contribution in [0.3, 0.4) is 0 Å². The Balaban J connectivity index is 1.88. The zero-order chi connectivity index (χ0) is 28.6. The van der Waals surface area contributed by atoms with E-state index in [-0.39, 0.29) is 18.1 Å². The van der Waals surface area contributed by atoms with E-state index in [1.165, 1.54) is 29.4 Å². The van der Waals surface area contributed by atoms with Crippen LogP contribution in [0.25, 0.3) is 0 Å². The first-order valence-electron chi connectivity index (χ1n) is 13.3. The molecule has 39 heavy (non-hydrogen) atoms. The van der Waals surface area contributed by atoms with E-state index in [0.29, 0.717) is 25.9 Å². The molecule has 1 aromatic heterocycles. The maximum absolute atomic E-state index is 13.5. The van der Waals surface area contributed by atoms with Gasteiger partial charge in [0.2, 0.25) is 0 Å². The highest BCUT2D eigenvalue weighted by Crippen LogP contribution is 2.25. The van der Waals surface area contributed by atoms with Gasteiger partial charge in [-0.2, -0.15) is 0 Å². The summed E-state index contributed by atoms with van der Waals surface area (Å²) in [5, 5.41) is 0. The number of hydrogen-bond donors (Lipinski definition) is 0. The lowest BCUT2D eigenvalue weighted by Gasteiger charge is -2.30. The van der Waals surface area contributed by atoms with Gasteiger partial charge in [-0.15, -0.1) is 0 Å². The number of esters is 1. The topological polar surface area (TPSA) is 88.8 Å². The first-order valence-corrected chi connectivity index (χ1v) is 13.3. The molecule has 8 heteroatoms. The number of rotatable bonds is 12. The second kappa shape index (κ2) is 13.4. The van der Waals surface area contributed by atoms with Crippen LogP contribution in [0.15, 0.2) is 70.4 Å². The van der Waals surface area contributed by atoms with Crippen LogP contribution in [0, 0.1) is 12.8 Å². The number of aromatic nitrogens is 2. The monoisotopic (exact) mass is 536 g/mol. The molecule has 0 saturated carbocycles. The molecule has 3 rings (SSSR count). The minimum absolute atomic E-state index is 0.240. The molecule has 0 radical (unpaired) electrons. The highest BCUT2D eigenvalue weighted by molar-refractivity contribution is 5.73. The van der Waals surface area contributed by atoms with E-state index in [1.807, 2.05) is 52.0 Å². The third-order valence-corrected chi connectivity index (χ3v) is 6.56. The zero-order valence-corrected chi connectivity index (χ0v) is 23.8. The molecule has 1 heterocycles. The molecule has 0 N–H and O–H groups in total. The molecule has 0 amide bonds. The van der Waals surface area contributed by atoms with E-state index >= 15 is 0 Å². The van der Waals surface area contributed by atoms with Gasteiger partial charge in [0.15, 0.2) is 0 Å². The van der Waals surface area contributed by atoms with Crippen LogP contribution < -0.4 is 16.0 Å². The molecule has 0 bridgehead atoms. The molecule has 0 aliphatic carbocycles. The number of hydrogen-bond acceptors (Lipinski definition) is 6. The van der Waals surface area contributed by atoms with Gasteiger partial charge in [0.05, 0.1) is 25.7 Å². The van der Waals surface area contributed by atoms with Gasteiger partial charge in [0, 0.05) is 25.9 Å². The second-order valence-corrected chi connectivity index (χ2v) is 10.8. The molecule has 210 valence electrons. The van der Waals surface area contributed by atoms with Gasteiger partial charge >= 0.3 is 11.7 Å². The van der Waals surface area contributed by atoms with Gasteiger partial charge in [-0.1, -0.05) is 42.0 Å². The van der Waals surface area contributed by atoms with Crippen molar-refractivity contribution in [3.63, 3.8) is 0 Å². The molecule has 8 nitrogen and oxygen atoms in total. The number of carbonyl (C=O) groups excluding carboxylic acids is 1. The van der Waals surface area contributed by atoms with E-state index in [2.05, 4.69) is 24.3 Å². The van der Waals surface area contributed by atoms with E-state index in [1.54, 1.807) is 7.11 Å². The molecule has 2 unspecified atom stereocenters. The van der Waals surface area contributed by atoms with E-state index in [4.69, 9.17) is 14.2 Å². The van der Waals surface area contributed by atoms with E-state index in [0.717, 1.165) is 21.4 Å². The Hall–Kier alpha value is -3.65. The zero-order valence-electron chi connectivity index (χ0n) is 23.8. The third-order valence-electron chi connectivity index (χ3n) is 6.56. The van der Waals surface area contributed by atoms with Crippen molar-refractivity contribution in [1.29, 1.82) is 0 Å². The number of benzene rings is 2. The normalized spacial score (nSPS) is 13.1. The Morgan fingerprint density at radius 1 is 0.923 bits per heavy atom. The van der Waals surface area contributed by atoms with Gasteiger partial charge in [-0.05, 0) is 70.2 Å². The molecule has 2 atom stereocenters. The van der Waals surface area contributed by atoms with Gasteiger partial charge in [-0.25, -0.2) is 4.79 Å². The Kier molecular flexibility index (Phi) is 10.3. The van der Waals surface area contributed by atoms with Crippen LogP contribution >= 0.6 is 0 Å². The molecular formula is C31H40N2O6. The first-order chi connectivity index (χ1) is 18.5. The fourth-order valence-electron chi connectivity index (χ4n) is 4.29. The van der Waals surface area contributed by atoms with Crippen LogP contribution in [-0.2, 0) is 40.9 Å². The van der Waals surface area contributed by atoms with Gasteiger partial charge < -0.3 is 18.8 Å². The lowest BCUT2D eigenvalue weighted by atomic mass is 9.92. The minimum atomic E-state index is -0.680. The molecule has 2 aromatic carbocycles. The predicted octanol–water partition coefficient (Wildman–Crippen LogP) is 4.43. The maximum Gasteiger partial charge on any atom is 0.330 e. The SMILES string of the molecule is COc1ccc(COC(CCc2ccc(C)cc2)C(CCn2ccc(=O)n(C)c2=O)C(=O)OC(C)(C)C)cc1. The molecule has 0 aliphatic rings. The van der Waals surface area contributed by atoms with Crippen molar-refractivity contribution in [1.82, 2.24) is 9.13 Å². The summed E-state index contributed by atoms with van der Waals surface area (Å²) in [4.78, 5) is 38.0. The van der Waals surface area contributed by atoms with Crippen LogP contribution in [-0.4, -0.2) is 33.9 Å². The van der Waals surface area contributed by atoms with Crippen molar-refractivity contribution in [3.8, 4) is 5.75 Å². The third kappa shape index (κ3) is 8.96. The fraction of sp³-hybridized carbons (Fsp3) is 0.452. The summed E-state index contributed by atoms with van der Waals surface area (Å²) in [5.74, 6) is -0.245. The van der Waals surface area contributed by atoms with Gasteiger partial charge in [-0.3, -0.25) is 14.2 Å². The Labute approximate surface area is 230 Å². The quantitative estimate of drug-likeness (QED) is 0.318. The van der Waals surface area contributed by atoms with Gasteiger partial charge in [0.1, 0.15) is 11.4 Å². The first kappa shape index (κ1) is 29.9. The molecule has 0 aliphatic heterocycles. The molecular weight excluding hydrogens is 496 g/mol. The standard InChI is InChI=1S/C31H40N2O6/c1-22-7-9-23(10-8-22)13-16-27(38-21-24-11-14-25(37-6)15-12-24)26(29(35)39-31(2,3)4)17-19-33-20-18-28(34)32(5)30(33)36/h7-12,14-15,18,20,26-27H,13,16-17,19,21H2,1-6H3. The Morgan fingerprint density at radius 3 is 2.18 bits per heavy atom. The summed E-state index contributed by atoms with van der Waals surface area (Å²) in [6.07, 6.45) is 2.62. The van der Waals surface area contributed by atoms with Gasteiger partial charge in [0.25, 0.3) is 5.56 Å². The summed E-state index contributed by atoms with van der Waals surface area (Å²) in [6.45, 7) is 8.09. The smallest absolute Gasteiger partial charge is 0.330 e. The number of ether oxygens (including phenoxy) is 3. The largest absolute Gasteiger partial charge is 0.497 e. The van der Waals surface area contributed by atoms with Crippen molar-refractivity contribution in [2.75, 3.05) is 7.11 Å². The average molecular weight is 537 g/mol. The molecule has 3 aromatic rings. The van der Waals surface area contributed by atoms with E-state index < -0.39 is 23.3 Å². The molecule has 0 fully saturated rings. The number of carbonyl (C=O) groups is 1. The van der Waals surface area contributed by atoms with Crippen LogP contribution in [0.2, 0.25) is 0 Å². The molecule has 0 saturated heterocycles. The second-order valence-electron chi connectivity index (χ2n) is 10.8. The number of nitrogens with zero attached hydrogens (tertiary/aromatic N) is 2. The van der Waals surface area contributed by atoms with Crippen molar-refractivity contribution in [2.24, 2.45) is 13.0 Å². The number of methoxy groups -OCH3 is 1. The van der Waals surface area contributed by atoms with Crippen molar-refractivity contribution in [3.05, 3.63) is 98.3 Å². The summed E-state index contributed by atoms with van der Waals surface area (Å²) >= 11 is 0. The average Bonchev–Trinajstić information content (AvgIpc) is 2.89.